The first-order chi connectivity index (χ1) is 10.5. The average Bonchev–Trinajstić information content (AvgIpc) is 2.93. The molecule has 1 fully saturated rings. The van der Waals surface area contributed by atoms with Crippen LogP contribution in [0.3, 0.4) is 0 Å². The Balaban J connectivity index is 1.86. The molecule has 3 rings (SSSR count). The summed E-state index contributed by atoms with van der Waals surface area (Å²) in [4.78, 5) is 17.0. The number of hydrogen-bond donors (Lipinski definition) is 1. The van der Waals surface area contributed by atoms with Gasteiger partial charge in [0.25, 0.3) is 5.91 Å². The molecule has 1 N–H and O–H groups in total. The zero-order chi connectivity index (χ0) is 15.7. The molecule has 1 aromatic carbocycles. The molecular formula is C16H13ClN2O2S. The predicted molar refractivity (Wildman–Crippen MR) is 90.4 cm³/mol. The lowest BCUT2D eigenvalue weighted by molar-refractivity contribution is -0.115. The van der Waals surface area contributed by atoms with Gasteiger partial charge in [-0.1, -0.05) is 17.7 Å². The lowest BCUT2D eigenvalue weighted by Crippen LogP contribution is -2.19. The van der Waals surface area contributed by atoms with E-state index in [1.807, 2.05) is 38.1 Å². The monoisotopic (exact) mass is 332 g/mol. The maximum absolute atomic E-state index is 12.0. The molecule has 1 aliphatic heterocycles. The van der Waals surface area contributed by atoms with Crippen molar-refractivity contribution in [1.82, 2.24) is 5.32 Å². The van der Waals surface area contributed by atoms with Crippen LogP contribution in [-0.2, 0) is 4.79 Å². The predicted octanol–water partition coefficient (Wildman–Crippen LogP) is 4.44. The van der Waals surface area contributed by atoms with Gasteiger partial charge in [0.05, 0.1) is 10.6 Å². The van der Waals surface area contributed by atoms with Crippen LogP contribution in [0.25, 0.3) is 6.08 Å². The van der Waals surface area contributed by atoms with Gasteiger partial charge in [-0.15, -0.1) is 0 Å². The topological polar surface area (TPSA) is 54.6 Å². The zero-order valence-electron chi connectivity index (χ0n) is 12.0. The fourth-order valence-corrected chi connectivity index (χ4v) is 3.10. The van der Waals surface area contributed by atoms with Crippen LogP contribution >= 0.6 is 23.4 Å². The Labute approximate surface area is 137 Å². The molecule has 0 atom stereocenters. The number of amidine groups is 1. The van der Waals surface area contributed by atoms with Gasteiger partial charge in [-0.25, -0.2) is 4.99 Å². The number of halogens is 1. The number of nitrogens with zero attached hydrogens (tertiary/aromatic N) is 1. The van der Waals surface area contributed by atoms with Gasteiger partial charge in [0.15, 0.2) is 5.17 Å². The molecule has 1 aromatic heterocycles. The molecule has 0 aliphatic carbocycles. The number of rotatable bonds is 2. The third-order valence-electron chi connectivity index (χ3n) is 3.06. The van der Waals surface area contributed by atoms with Crippen molar-refractivity contribution in [2.75, 3.05) is 0 Å². The Morgan fingerprint density at radius 3 is 2.82 bits per heavy atom. The number of carbonyl (C=O) groups is 1. The average molecular weight is 333 g/mol. The Morgan fingerprint density at radius 2 is 2.14 bits per heavy atom. The fourth-order valence-electron chi connectivity index (χ4n) is 2.08. The minimum Gasteiger partial charge on any atom is -0.466 e. The molecule has 4 nitrogen and oxygen atoms in total. The molecule has 0 bridgehead atoms. The lowest BCUT2D eigenvalue weighted by atomic mass is 10.2. The summed E-state index contributed by atoms with van der Waals surface area (Å²) in [6, 6.07) is 9.07. The van der Waals surface area contributed by atoms with Crippen LogP contribution in [0.15, 0.2) is 44.6 Å². The van der Waals surface area contributed by atoms with Gasteiger partial charge in [0.1, 0.15) is 11.5 Å². The first kappa shape index (κ1) is 14.9. The van der Waals surface area contributed by atoms with Gasteiger partial charge >= 0.3 is 0 Å². The summed E-state index contributed by atoms with van der Waals surface area (Å²) < 4.78 is 5.47. The maximum atomic E-state index is 12.0. The van der Waals surface area contributed by atoms with Crippen LogP contribution in [0.4, 0.5) is 5.69 Å². The van der Waals surface area contributed by atoms with Gasteiger partial charge in [0, 0.05) is 10.6 Å². The normalized spacial score (nSPS) is 18.2. The highest BCUT2D eigenvalue weighted by Gasteiger charge is 2.24. The van der Waals surface area contributed by atoms with Crippen LogP contribution in [0, 0.1) is 13.8 Å². The summed E-state index contributed by atoms with van der Waals surface area (Å²) in [5.74, 6) is 1.45. The summed E-state index contributed by atoms with van der Waals surface area (Å²) in [6.07, 6.45) is 1.81. The van der Waals surface area contributed by atoms with E-state index in [0.717, 1.165) is 17.1 Å². The van der Waals surface area contributed by atoms with Crippen LogP contribution < -0.4 is 5.32 Å². The van der Waals surface area contributed by atoms with Crippen LogP contribution in [-0.4, -0.2) is 11.1 Å². The highest BCUT2D eigenvalue weighted by atomic mass is 35.5. The van der Waals surface area contributed by atoms with Gasteiger partial charge in [-0.3, -0.25) is 4.79 Å². The number of aryl methyl sites for hydroxylation is 2. The zero-order valence-corrected chi connectivity index (χ0v) is 13.6. The van der Waals surface area contributed by atoms with Crippen molar-refractivity contribution in [3.8, 4) is 0 Å². The molecule has 0 unspecified atom stereocenters. The number of carbonyl (C=O) groups excluding carboxylic acids is 1. The molecule has 0 spiro atoms. The van der Waals surface area contributed by atoms with E-state index in [-0.39, 0.29) is 5.91 Å². The summed E-state index contributed by atoms with van der Waals surface area (Å²) in [7, 11) is 0. The summed E-state index contributed by atoms with van der Waals surface area (Å²) >= 11 is 7.23. The summed E-state index contributed by atoms with van der Waals surface area (Å²) in [5.41, 5.74) is 1.60. The van der Waals surface area contributed by atoms with Gasteiger partial charge in [-0.05, 0) is 56.0 Å². The van der Waals surface area contributed by atoms with E-state index in [1.54, 1.807) is 12.1 Å². The number of aliphatic imine (C=N–C) groups is 1. The highest BCUT2D eigenvalue weighted by Crippen LogP contribution is 2.29. The molecule has 0 radical (unpaired) electrons. The van der Waals surface area contributed by atoms with Crippen molar-refractivity contribution in [2.24, 2.45) is 4.99 Å². The van der Waals surface area contributed by atoms with E-state index in [4.69, 9.17) is 16.0 Å². The minimum absolute atomic E-state index is 0.163. The molecule has 112 valence electrons. The highest BCUT2D eigenvalue weighted by molar-refractivity contribution is 8.18. The number of hydrogen-bond acceptors (Lipinski definition) is 4. The van der Waals surface area contributed by atoms with Gasteiger partial charge < -0.3 is 9.73 Å². The molecule has 22 heavy (non-hydrogen) atoms. The van der Waals surface area contributed by atoms with Gasteiger partial charge in [-0.2, -0.15) is 0 Å². The van der Waals surface area contributed by atoms with Crippen LogP contribution in [0.5, 0.6) is 0 Å². The largest absolute Gasteiger partial charge is 0.466 e. The summed E-state index contributed by atoms with van der Waals surface area (Å²) in [5, 5.41) is 3.90. The fraction of sp³-hybridized carbons (Fsp3) is 0.125. The van der Waals surface area contributed by atoms with Crippen LogP contribution in [0.2, 0.25) is 5.02 Å². The van der Waals surface area contributed by atoms with E-state index in [1.165, 1.54) is 11.8 Å². The Kier molecular flexibility index (Phi) is 4.09. The van der Waals surface area contributed by atoms with E-state index in [9.17, 15) is 4.79 Å². The van der Waals surface area contributed by atoms with E-state index in [0.29, 0.717) is 20.8 Å². The van der Waals surface area contributed by atoms with E-state index in [2.05, 4.69) is 10.3 Å². The number of furan rings is 1. The van der Waals surface area contributed by atoms with Crippen molar-refractivity contribution < 1.29 is 9.21 Å². The molecule has 1 saturated heterocycles. The van der Waals surface area contributed by atoms with E-state index >= 15 is 0 Å². The number of benzene rings is 1. The molecule has 1 aliphatic rings. The standard InChI is InChI=1S/C16H13ClN2O2S/c1-9-6-11(10(2)21-9)7-14-15(20)19-16(22-14)18-13-5-3-4-12(17)8-13/h3-8H,1-2H3,(H,18,19,20)/b14-7-. The lowest BCUT2D eigenvalue weighted by Gasteiger charge is -1.96. The third-order valence-corrected chi connectivity index (χ3v) is 4.20. The number of nitrogens with one attached hydrogen (secondary N) is 1. The maximum Gasteiger partial charge on any atom is 0.264 e. The van der Waals surface area contributed by atoms with Crippen molar-refractivity contribution in [1.29, 1.82) is 0 Å². The van der Waals surface area contributed by atoms with Crippen molar-refractivity contribution in [3.63, 3.8) is 0 Å². The Hall–Kier alpha value is -1.98. The summed E-state index contributed by atoms with van der Waals surface area (Å²) in [6.45, 7) is 3.75. The van der Waals surface area contributed by atoms with Crippen molar-refractivity contribution in [3.05, 3.63) is 57.3 Å². The quantitative estimate of drug-likeness (QED) is 0.827. The van der Waals surface area contributed by atoms with E-state index < -0.39 is 0 Å². The van der Waals surface area contributed by atoms with Crippen LogP contribution in [0.1, 0.15) is 17.1 Å². The Bertz CT molecular complexity index is 808. The van der Waals surface area contributed by atoms with Crippen molar-refractivity contribution >= 4 is 46.2 Å². The first-order valence-corrected chi connectivity index (χ1v) is 7.83. The molecule has 6 heteroatoms. The van der Waals surface area contributed by atoms with Crippen molar-refractivity contribution in [2.45, 2.75) is 13.8 Å². The minimum atomic E-state index is -0.163. The molecule has 2 heterocycles. The smallest absolute Gasteiger partial charge is 0.264 e. The number of amides is 1. The van der Waals surface area contributed by atoms with Gasteiger partial charge in [0.2, 0.25) is 0 Å². The second-order valence-corrected chi connectivity index (χ2v) is 6.30. The molecule has 0 saturated carbocycles. The second-order valence-electron chi connectivity index (χ2n) is 4.83. The first-order valence-electron chi connectivity index (χ1n) is 6.63. The second kappa shape index (κ2) is 6.02. The molecular weight excluding hydrogens is 320 g/mol. The third kappa shape index (κ3) is 3.26. The molecule has 1 amide bonds. The molecule has 2 aromatic rings. The SMILES string of the molecule is Cc1cc(/C=C2\SC(=Nc3cccc(Cl)c3)NC2=O)c(C)o1. The Morgan fingerprint density at radius 1 is 1.32 bits per heavy atom. The number of thioether (sulfide) groups is 1.